The van der Waals surface area contributed by atoms with Crippen molar-refractivity contribution < 1.29 is 14.6 Å². The first-order valence-corrected chi connectivity index (χ1v) is 4.53. The second-order valence-corrected chi connectivity index (χ2v) is 2.89. The van der Waals surface area contributed by atoms with Gasteiger partial charge in [0.1, 0.15) is 19.1 Å². The maximum Gasteiger partial charge on any atom is 0.245 e. The normalized spacial score (nSPS) is 9.67. The van der Waals surface area contributed by atoms with E-state index < -0.39 is 0 Å². The average molecular weight is 210 g/mol. The minimum atomic E-state index is -0.164. The van der Waals surface area contributed by atoms with E-state index in [1.54, 1.807) is 31.3 Å². The molecule has 0 radical (unpaired) electrons. The molecule has 0 heterocycles. The number of phenols is 1. The maximum absolute atomic E-state index is 10.8. The number of rotatable bonds is 5. The van der Waals surface area contributed by atoms with E-state index in [1.165, 1.54) is 0 Å². The highest BCUT2D eigenvalue weighted by Crippen LogP contribution is 2.13. The van der Waals surface area contributed by atoms with Gasteiger partial charge in [0.15, 0.2) is 0 Å². The Morgan fingerprint density at radius 1 is 1.40 bits per heavy atom. The van der Waals surface area contributed by atoms with Gasteiger partial charge in [-0.25, -0.2) is 0 Å². The number of ether oxygens (including phenoxy) is 1. The monoisotopic (exact) mass is 210 g/mol. The highest BCUT2D eigenvalue weighted by Gasteiger charge is 1.96. The van der Waals surface area contributed by atoms with Crippen LogP contribution in [0, 0.1) is 0 Å². The van der Waals surface area contributed by atoms with Gasteiger partial charge >= 0.3 is 0 Å². The molecule has 0 saturated heterocycles. The second-order valence-electron chi connectivity index (χ2n) is 2.89. The zero-order chi connectivity index (χ0) is 11.1. The summed E-state index contributed by atoms with van der Waals surface area (Å²) in [5, 5.41) is 14.4. The van der Waals surface area contributed by atoms with Crippen molar-refractivity contribution in [1.29, 1.82) is 0 Å². The lowest BCUT2D eigenvalue weighted by molar-refractivity contribution is -0.124. The molecule has 82 valence electrons. The molecular formula is C10H14N2O3. The van der Waals surface area contributed by atoms with Gasteiger partial charge in [0.05, 0.1) is 0 Å². The SMILES string of the molecule is CNC(=O)COCNc1ccc(O)cc1. The van der Waals surface area contributed by atoms with Gasteiger partial charge in [-0.15, -0.1) is 0 Å². The molecule has 1 aromatic carbocycles. The third-order valence-corrected chi connectivity index (χ3v) is 1.76. The third-order valence-electron chi connectivity index (χ3n) is 1.76. The summed E-state index contributed by atoms with van der Waals surface area (Å²) < 4.78 is 5.03. The molecular weight excluding hydrogens is 196 g/mol. The van der Waals surface area contributed by atoms with E-state index in [4.69, 9.17) is 9.84 Å². The molecule has 15 heavy (non-hydrogen) atoms. The van der Waals surface area contributed by atoms with Gasteiger partial charge < -0.3 is 20.5 Å². The Hall–Kier alpha value is -1.75. The summed E-state index contributed by atoms with van der Waals surface area (Å²) in [5.74, 6) is 0.0503. The van der Waals surface area contributed by atoms with E-state index in [0.29, 0.717) is 0 Å². The van der Waals surface area contributed by atoms with Crippen LogP contribution in [-0.2, 0) is 9.53 Å². The molecule has 0 atom stereocenters. The summed E-state index contributed by atoms with van der Waals surface area (Å²) >= 11 is 0. The molecule has 3 N–H and O–H groups in total. The fraction of sp³-hybridized carbons (Fsp3) is 0.300. The third kappa shape index (κ3) is 4.33. The predicted molar refractivity (Wildman–Crippen MR) is 56.6 cm³/mol. The summed E-state index contributed by atoms with van der Waals surface area (Å²) in [6, 6.07) is 6.58. The first kappa shape index (κ1) is 11.3. The first-order chi connectivity index (χ1) is 7.22. The zero-order valence-corrected chi connectivity index (χ0v) is 8.49. The topological polar surface area (TPSA) is 70.6 Å². The molecule has 1 aromatic rings. The van der Waals surface area contributed by atoms with Gasteiger partial charge in [-0.2, -0.15) is 0 Å². The quantitative estimate of drug-likeness (QED) is 0.376. The molecule has 0 aromatic heterocycles. The zero-order valence-electron chi connectivity index (χ0n) is 8.49. The van der Waals surface area contributed by atoms with Crippen LogP contribution in [0.25, 0.3) is 0 Å². The smallest absolute Gasteiger partial charge is 0.245 e. The molecule has 0 bridgehead atoms. The second kappa shape index (κ2) is 5.87. The van der Waals surface area contributed by atoms with Crippen molar-refractivity contribution in [2.45, 2.75) is 0 Å². The molecule has 5 heteroatoms. The number of carbonyl (C=O) groups excluding carboxylic acids is 1. The summed E-state index contributed by atoms with van der Waals surface area (Å²) in [6.07, 6.45) is 0. The molecule has 1 amide bonds. The van der Waals surface area contributed by atoms with Crippen molar-refractivity contribution in [2.24, 2.45) is 0 Å². The Kier molecular flexibility index (Phi) is 4.43. The van der Waals surface area contributed by atoms with Crippen LogP contribution in [0.4, 0.5) is 5.69 Å². The fourth-order valence-electron chi connectivity index (χ4n) is 0.930. The van der Waals surface area contributed by atoms with Crippen LogP contribution in [0.15, 0.2) is 24.3 Å². The lowest BCUT2D eigenvalue weighted by Crippen LogP contribution is -2.24. The lowest BCUT2D eigenvalue weighted by atomic mass is 10.3. The number of carbonyl (C=O) groups is 1. The molecule has 0 spiro atoms. The van der Waals surface area contributed by atoms with E-state index in [9.17, 15) is 4.79 Å². The first-order valence-electron chi connectivity index (χ1n) is 4.53. The Labute approximate surface area is 88.1 Å². The van der Waals surface area contributed by atoms with Gasteiger partial charge in [-0.05, 0) is 24.3 Å². The van der Waals surface area contributed by atoms with Gasteiger partial charge in [0.25, 0.3) is 0 Å². The highest BCUT2D eigenvalue weighted by molar-refractivity contribution is 5.76. The summed E-state index contributed by atoms with van der Waals surface area (Å²) in [6.45, 7) is 0.278. The maximum atomic E-state index is 10.8. The number of anilines is 1. The number of amides is 1. The van der Waals surface area contributed by atoms with Crippen LogP contribution in [0.2, 0.25) is 0 Å². The highest BCUT2D eigenvalue weighted by atomic mass is 16.5. The van der Waals surface area contributed by atoms with Gasteiger partial charge in [-0.1, -0.05) is 0 Å². The molecule has 1 rings (SSSR count). The number of benzene rings is 1. The van der Waals surface area contributed by atoms with Crippen molar-refractivity contribution in [1.82, 2.24) is 5.32 Å². The minimum absolute atomic E-state index is 0.0293. The van der Waals surface area contributed by atoms with E-state index in [2.05, 4.69) is 10.6 Å². The van der Waals surface area contributed by atoms with Crippen LogP contribution in [0.1, 0.15) is 0 Å². The van der Waals surface area contributed by atoms with Crippen molar-refractivity contribution in [3.8, 4) is 5.75 Å². The molecule has 5 nitrogen and oxygen atoms in total. The fourth-order valence-corrected chi connectivity index (χ4v) is 0.930. The Bertz CT molecular complexity index is 311. The summed E-state index contributed by atoms with van der Waals surface area (Å²) in [5.41, 5.74) is 0.824. The molecule has 0 fully saturated rings. The van der Waals surface area contributed by atoms with Crippen molar-refractivity contribution >= 4 is 11.6 Å². The minimum Gasteiger partial charge on any atom is -0.508 e. The van der Waals surface area contributed by atoms with Gasteiger partial charge in [0, 0.05) is 12.7 Å². The van der Waals surface area contributed by atoms with Crippen LogP contribution < -0.4 is 10.6 Å². The number of hydrogen-bond acceptors (Lipinski definition) is 4. The van der Waals surface area contributed by atoms with Crippen molar-refractivity contribution in [3.05, 3.63) is 24.3 Å². The Morgan fingerprint density at radius 3 is 2.67 bits per heavy atom. The Balaban J connectivity index is 2.20. The van der Waals surface area contributed by atoms with Gasteiger partial charge in [-0.3, -0.25) is 4.79 Å². The van der Waals surface area contributed by atoms with Crippen molar-refractivity contribution in [2.75, 3.05) is 25.7 Å². The number of likely N-dealkylation sites (N-methyl/N-ethyl adjacent to an activating group) is 1. The largest absolute Gasteiger partial charge is 0.508 e. The van der Waals surface area contributed by atoms with Crippen LogP contribution in [0.5, 0.6) is 5.75 Å². The van der Waals surface area contributed by atoms with Gasteiger partial charge in [0.2, 0.25) is 5.91 Å². The number of hydrogen-bond donors (Lipinski definition) is 3. The molecule has 0 aliphatic rings. The lowest BCUT2D eigenvalue weighted by Gasteiger charge is -2.06. The summed E-state index contributed by atoms with van der Waals surface area (Å²) in [4.78, 5) is 10.8. The molecule has 0 aliphatic carbocycles. The van der Waals surface area contributed by atoms with Crippen molar-refractivity contribution in [3.63, 3.8) is 0 Å². The molecule has 0 saturated carbocycles. The van der Waals surface area contributed by atoms with E-state index in [0.717, 1.165) is 5.69 Å². The predicted octanol–water partition coefficient (Wildman–Crippen LogP) is 0.524. The molecule has 0 aliphatic heterocycles. The standard InChI is InChI=1S/C10H14N2O3/c1-11-10(14)6-15-7-12-8-2-4-9(13)5-3-8/h2-5,12-13H,6-7H2,1H3,(H,11,14). The average Bonchev–Trinajstić information content (AvgIpc) is 2.26. The van der Waals surface area contributed by atoms with Crippen LogP contribution in [0.3, 0.4) is 0 Å². The number of phenolic OH excluding ortho intramolecular Hbond substituents is 1. The number of nitrogens with one attached hydrogen (secondary N) is 2. The number of aromatic hydroxyl groups is 1. The summed E-state index contributed by atoms with van der Waals surface area (Å²) in [7, 11) is 1.55. The van der Waals surface area contributed by atoms with E-state index in [-0.39, 0.29) is 25.0 Å². The van der Waals surface area contributed by atoms with Crippen LogP contribution >= 0.6 is 0 Å². The Morgan fingerprint density at radius 2 is 2.07 bits per heavy atom. The van der Waals surface area contributed by atoms with E-state index >= 15 is 0 Å². The van der Waals surface area contributed by atoms with E-state index in [1.807, 2.05) is 0 Å². The van der Waals surface area contributed by atoms with Crippen LogP contribution in [-0.4, -0.2) is 31.4 Å². The molecule has 0 unspecified atom stereocenters.